The van der Waals surface area contributed by atoms with Crippen LogP contribution in [0.5, 0.6) is 0 Å². The van der Waals surface area contributed by atoms with E-state index in [0.717, 1.165) is 54.3 Å². The van der Waals surface area contributed by atoms with Gasteiger partial charge in [-0.2, -0.15) is 0 Å². The van der Waals surface area contributed by atoms with E-state index in [1.54, 1.807) is 11.3 Å². The maximum absolute atomic E-state index is 7.20. The minimum atomic E-state index is 0.649. The second-order valence-electron chi connectivity index (χ2n) is 9.74. The van der Waals surface area contributed by atoms with Crippen LogP contribution in [0.25, 0.3) is 69.8 Å². The van der Waals surface area contributed by atoms with Gasteiger partial charge in [-0.05, 0) is 62.9 Å². The summed E-state index contributed by atoms with van der Waals surface area (Å²) in [4.78, 5) is 8.65. The first-order chi connectivity index (χ1) is 19.7. The SMILES string of the molecule is [C-]#[N+]c1ccc(-c2ccc(-c3cc(-c4cccc5ccccc45)c4nc(-c5ccccc5N)sc4c3)cc2)cc1. The molecule has 0 bridgehead atoms. The van der Waals surface area contributed by atoms with Gasteiger partial charge >= 0.3 is 0 Å². The van der Waals surface area contributed by atoms with Crippen molar-refractivity contribution in [2.45, 2.75) is 0 Å². The topological polar surface area (TPSA) is 43.3 Å². The number of aromatic nitrogens is 1. The highest BCUT2D eigenvalue weighted by Crippen LogP contribution is 2.42. The number of hydrogen-bond donors (Lipinski definition) is 1. The lowest BCUT2D eigenvalue weighted by Gasteiger charge is -2.11. The Kier molecular flexibility index (Phi) is 5.85. The van der Waals surface area contributed by atoms with E-state index >= 15 is 0 Å². The molecule has 0 spiro atoms. The van der Waals surface area contributed by atoms with E-state index in [1.807, 2.05) is 48.5 Å². The molecule has 0 aliphatic carbocycles. The van der Waals surface area contributed by atoms with Crippen molar-refractivity contribution in [3.63, 3.8) is 0 Å². The van der Waals surface area contributed by atoms with Crippen LogP contribution in [0.2, 0.25) is 0 Å². The number of rotatable bonds is 4. The molecule has 2 N–H and O–H groups in total. The Morgan fingerprint density at radius 2 is 1.23 bits per heavy atom. The molecule has 40 heavy (non-hydrogen) atoms. The molecule has 1 aromatic heterocycles. The lowest BCUT2D eigenvalue weighted by molar-refractivity contribution is 1.47. The quantitative estimate of drug-likeness (QED) is 0.182. The summed E-state index contributed by atoms with van der Waals surface area (Å²) < 4.78 is 1.12. The van der Waals surface area contributed by atoms with Gasteiger partial charge in [-0.25, -0.2) is 9.83 Å². The van der Waals surface area contributed by atoms with Crippen LogP contribution >= 0.6 is 11.3 Å². The molecule has 0 aliphatic heterocycles. The minimum Gasteiger partial charge on any atom is -0.398 e. The van der Waals surface area contributed by atoms with Gasteiger partial charge in [0, 0.05) is 16.8 Å². The van der Waals surface area contributed by atoms with Crippen LogP contribution in [0.15, 0.2) is 127 Å². The third-order valence-electron chi connectivity index (χ3n) is 7.31. The summed E-state index contributed by atoms with van der Waals surface area (Å²) in [5.74, 6) is 0. The average molecular weight is 530 g/mol. The second-order valence-corrected chi connectivity index (χ2v) is 10.8. The van der Waals surface area contributed by atoms with Crippen molar-refractivity contribution in [1.82, 2.24) is 4.98 Å². The lowest BCUT2D eigenvalue weighted by atomic mass is 9.93. The summed E-state index contributed by atoms with van der Waals surface area (Å²) in [6.45, 7) is 7.20. The van der Waals surface area contributed by atoms with Crippen molar-refractivity contribution < 1.29 is 0 Å². The molecule has 0 unspecified atom stereocenters. The van der Waals surface area contributed by atoms with E-state index in [-0.39, 0.29) is 0 Å². The van der Waals surface area contributed by atoms with E-state index in [9.17, 15) is 0 Å². The van der Waals surface area contributed by atoms with Gasteiger partial charge in [0.2, 0.25) is 0 Å². The van der Waals surface area contributed by atoms with Gasteiger partial charge in [-0.3, -0.25) is 0 Å². The van der Waals surface area contributed by atoms with Gasteiger partial charge in [0.15, 0.2) is 5.69 Å². The van der Waals surface area contributed by atoms with Crippen molar-refractivity contribution in [2.75, 3.05) is 5.73 Å². The maximum Gasteiger partial charge on any atom is 0.187 e. The molecule has 4 heteroatoms. The zero-order valence-electron chi connectivity index (χ0n) is 21.5. The standard InChI is InChI=1S/C36H23N3S/c1-38-28-19-17-24(18-20-28)23-13-15-25(16-14-23)27-21-32(30-11-6-8-26-7-2-3-9-29(26)30)35-34(22-27)40-36(39-35)31-10-4-5-12-33(31)37/h2-22H,37H2. The van der Waals surface area contributed by atoms with E-state index in [4.69, 9.17) is 17.3 Å². The Morgan fingerprint density at radius 1 is 0.600 bits per heavy atom. The normalized spacial score (nSPS) is 11.1. The molecule has 0 radical (unpaired) electrons. The Balaban J connectivity index is 1.41. The fourth-order valence-corrected chi connectivity index (χ4v) is 6.33. The predicted molar refractivity (Wildman–Crippen MR) is 170 cm³/mol. The van der Waals surface area contributed by atoms with Gasteiger partial charge < -0.3 is 5.73 Å². The number of nitrogens with zero attached hydrogens (tertiary/aromatic N) is 2. The van der Waals surface area contributed by atoms with Crippen LogP contribution < -0.4 is 5.73 Å². The van der Waals surface area contributed by atoms with Crippen LogP contribution in [0.1, 0.15) is 0 Å². The molecule has 1 heterocycles. The van der Waals surface area contributed by atoms with Gasteiger partial charge in [-0.1, -0.05) is 103 Å². The Labute approximate surface area is 236 Å². The lowest BCUT2D eigenvalue weighted by Crippen LogP contribution is -1.89. The van der Waals surface area contributed by atoms with E-state index in [0.29, 0.717) is 5.69 Å². The Hall–Kier alpha value is -5.24. The molecular formula is C36H23N3S. The summed E-state index contributed by atoms with van der Waals surface area (Å²) in [5.41, 5.74) is 16.4. The largest absolute Gasteiger partial charge is 0.398 e. The van der Waals surface area contributed by atoms with E-state index in [1.165, 1.54) is 16.3 Å². The first-order valence-electron chi connectivity index (χ1n) is 13.0. The second kappa shape index (κ2) is 9.81. The number of anilines is 1. The van der Waals surface area contributed by atoms with E-state index in [2.05, 4.69) is 83.7 Å². The molecule has 0 aliphatic rings. The molecule has 7 rings (SSSR count). The summed E-state index contributed by atoms with van der Waals surface area (Å²) in [5, 5.41) is 3.33. The zero-order chi connectivity index (χ0) is 27.1. The summed E-state index contributed by atoms with van der Waals surface area (Å²) in [6.07, 6.45) is 0. The summed E-state index contributed by atoms with van der Waals surface area (Å²) in [6, 6.07) is 43.7. The molecule has 7 aromatic rings. The highest BCUT2D eigenvalue weighted by molar-refractivity contribution is 7.21. The zero-order valence-corrected chi connectivity index (χ0v) is 22.3. The summed E-state index contributed by atoms with van der Waals surface area (Å²) in [7, 11) is 0. The van der Waals surface area contributed by atoms with Crippen LogP contribution in [0, 0.1) is 6.57 Å². The molecular weight excluding hydrogens is 506 g/mol. The van der Waals surface area contributed by atoms with Crippen molar-refractivity contribution >= 4 is 43.7 Å². The third-order valence-corrected chi connectivity index (χ3v) is 8.35. The Morgan fingerprint density at radius 3 is 1.98 bits per heavy atom. The van der Waals surface area contributed by atoms with Gasteiger partial charge in [-0.15, -0.1) is 11.3 Å². The third kappa shape index (κ3) is 4.19. The number of fused-ring (bicyclic) bond motifs is 2. The number of thiazole rings is 1. The maximum atomic E-state index is 7.20. The van der Waals surface area contributed by atoms with Crippen molar-refractivity contribution in [2.24, 2.45) is 0 Å². The van der Waals surface area contributed by atoms with Crippen molar-refractivity contribution in [3.05, 3.63) is 139 Å². The molecule has 0 saturated carbocycles. The molecule has 188 valence electrons. The molecule has 0 atom stereocenters. The van der Waals surface area contributed by atoms with Crippen molar-refractivity contribution in [3.8, 4) is 44.0 Å². The fourth-order valence-electron chi connectivity index (χ4n) is 5.25. The first-order valence-corrected chi connectivity index (χ1v) is 13.9. The average Bonchev–Trinajstić information content (AvgIpc) is 3.45. The van der Waals surface area contributed by atoms with Gasteiger partial charge in [0.05, 0.1) is 16.8 Å². The van der Waals surface area contributed by atoms with Gasteiger partial charge in [0.25, 0.3) is 0 Å². The number of nitrogens with two attached hydrogens (primary N) is 1. The molecule has 0 saturated heterocycles. The molecule has 0 fully saturated rings. The molecule has 3 nitrogen and oxygen atoms in total. The number of hydrogen-bond acceptors (Lipinski definition) is 3. The minimum absolute atomic E-state index is 0.649. The molecule has 0 amide bonds. The predicted octanol–water partition coefficient (Wildman–Crippen LogP) is 10.3. The van der Waals surface area contributed by atoms with Crippen molar-refractivity contribution in [1.29, 1.82) is 0 Å². The number of para-hydroxylation sites is 1. The number of benzene rings is 6. The highest BCUT2D eigenvalue weighted by Gasteiger charge is 2.17. The molecule has 6 aromatic carbocycles. The van der Waals surface area contributed by atoms with Gasteiger partial charge in [0.1, 0.15) is 5.01 Å². The Bertz CT molecular complexity index is 2060. The van der Waals surface area contributed by atoms with Crippen LogP contribution in [-0.2, 0) is 0 Å². The van der Waals surface area contributed by atoms with Crippen LogP contribution in [-0.4, -0.2) is 4.98 Å². The first kappa shape index (κ1) is 23.8. The highest BCUT2D eigenvalue weighted by atomic mass is 32.1. The van der Waals surface area contributed by atoms with E-state index < -0.39 is 0 Å². The van der Waals surface area contributed by atoms with Crippen LogP contribution in [0.4, 0.5) is 11.4 Å². The smallest absolute Gasteiger partial charge is 0.187 e. The number of nitrogen functional groups attached to an aromatic ring is 1. The fraction of sp³-hybridized carbons (Fsp3) is 0. The summed E-state index contributed by atoms with van der Waals surface area (Å²) >= 11 is 1.68. The van der Waals surface area contributed by atoms with Crippen LogP contribution in [0.3, 0.4) is 0 Å². The monoisotopic (exact) mass is 529 g/mol.